The zero-order chi connectivity index (χ0) is 13.9. The average molecular weight is 261 g/mol. The SMILES string of the molecule is C#CC(C)(C)Oc1nc(NC)nc(N2CCCC2)n1. The molecule has 2 rings (SSSR count). The van der Waals surface area contributed by atoms with Crippen molar-refractivity contribution in [3.63, 3.8) is 0 Å². The Morgan fingerprint density at radius 3 is 2.53 bits per heavy atom. The van der Waals surface area contributed by atoms with E-state index in [1.54, 1.807) is 20.9 Å². The molecule has 0 radical (unpaired) electrons. The molecule has 1 aromatic heterocycles. The number of rotatable bonds is 4. The summed E-state index contributed by atoms with van der Waals surface area (Å²) in [5.74, 6) is 3.68. The van der Waals surface area contributed by atoms with Gasteiger partial charge in [-0.15, -0.1) is 6.42 Å². The fourth-order valence-electron chi connectivity index (χ4n) is 1.82. The maximum Gasteiger partial charge on any atom is 0.324 e. The Labute approximate surface area is 113 Å². The monoisotopic (exact) mass is 261 g/mol. The molecule has 1 aromatic rings. The summed E-state index contributed by atoms with van der Waals surface area (Å²) in [5.41, 5.74) is -0.741. The van der Waals surface area contributed by atoms with Gasteiger partial charge in [-0.25, -0.2) is 0 Å². The van der Waals surface area contributed by atoms with Crippen LogP contribution < -0.4 is 15.0 Å². The van der Waals surface area contributed by atoms with E-state index in [0.717, 1.165) is 25.9 Å². The molecule has 1 fully saturated rings. The Bertz CT molecular complexity index is 488. The lowest BCUT2D eigenvalue weighted by Crippen LogP contribution is -2.28. The number of hydrogen-bond acceptors (Lipinski definition) is 6. The van der Waals surface area contributed by atoms with E-state index in [-0.39, 0.29) is 6.01 Å². The van der Waals surface area contributed by atoms with Crippen LogP contribution in [0.5, 0.6) is 6.01 Å². The summed E-state index contributed by atoms with van der Waals surface area (Å²) in [6.45, 7) is 5.52. The normalized spacial score (nSPS) is 15.2. The first-order chi connectivity index (χ1) is 9.04. The molecule has 2 heterocycles. The number of nitrogens with zero attached hydrogens (tertiary/aromatic N) is 4. The van der Waals surface area contributed by atoms with Gasteiger partial charge in [-0.05, 0) is 26.7 Å². The lowest BCUT2D eigenvalue weighted by Gasteiger charge is -2.21. The van der Waals surface area contributed by atoms with Gasteiger partial charge in [-0.3, -0.25) is 0 Å². The molecule has 0 spiro atoms. The minimum absolute atomic E-state index is 0.254. The lowest BCUT2D eigenvalue weighted by molar-refractivity contribution is 0.156. The molecule has 1 saturated heterocycles. The maximum atomic E-state index is 5.63. The van der Waals surface area contributed by atoms with E-state index in [1.807, 2.05) is 0 Å². The van der Waals surface area contributed by atoms with Crippen LogP contribution in [0.1, 0.15) is 26.7 Å². The zero-order valence-electron chi connectivity index (χ0n) is 11.6. The molecule has 0 bridgehead atoms. The molecule has 102 valence electrons. The van der Waals surface area contributed by atoms with Crippen molar-refractivity contribution in [2.24, 2.45) is 0 Å². The number of aromatic nitrogens is 3. The van der Waals surface area contributed by atoms with E-state index in [0.29, 0.717) is 11.9 Å². The predicted molar refractivity (Wildman–Crippen MR) is 74.4 cm³/mol. The summed E-state index contributed by atoms with van der Waals surface area (Å²) < 4.78 is 5.63. The first-order valence-electron chi connectivity index (χ1n) is 6.39. The quantitative estimate of drug-likeness (QED) is 0.824. The van der Waals surface area contributed by atoms with Crippen molar-refractivity contribution in [1.29, 1.82) is 0 Å². The van der Waals surface area contributed by atoms with E-state index >= 15 is 0 Å². The smallest absolute Gasteiger partial charge is 0.324 e. The van der Waals surface area contributed by atoms with E-state index in [9.17, 15) is 0 Å². The highest BCUT2D eigenvalue weighted by atomic mass is 16.5. The van der Waals surface area contributed by atoms with Crippen molar-refractivity contribution >= 4 is 11.9 Å². The molecule has 0 atom stereocenters. The molecule has 19 heavy (non-hydrogen) atoms. The molecule has 0 unspecified atom stereocenters. The number of ether oxygens (including phenoxy) is 1. The molecular formula is C13H19N5O. The zero-order valence-corrected chi connectivity index (χ0v) is 11.6. The van der Waals surface area contributed by atoms with Crippen LogP contribution in [0.4, 0.5) is 11.9 Å². The van der Waals surface area contributed by atoms with Gasteiger partial charge in [0.05, 0.1) is 0 Å². The Morgan fingerprint density at radius 2 is 1.95 bits per heavy atom. The van der Waals surface area contributed by atoms with Crippen LogP contribution in [0.25, 0.3) is 0 Å². The highest BCUT2D eigenvalue weighted by Gasteiger charge is 2.21. The van der Waals surface area contributed by atoms with Gasteiger partial charge in [0.2, 0.25) is 11.9 Å². The molecule has 0 saturated carbocycles. The van der Waals surface area contributed by atoms with Crippen LogP contribution >= 0.6 is 0 Å². The Morgan fingerprint density at radius 1 is 1.26 bits per heavy atom. The summed E-state index contributed by atoms with van der Waals surface area (Å²) in [5, 5.41) is 2.91. The van der Waals surface area contributed by atoms with E-state index in [2.05, 4.69) is 31.1 Å². The van der Waals surface area contributed by atoms with Crippen molar-refractivity contribution in [3.8, 4) is 18.4 Å². The van der Waals surface area contributed by atoms with Gasteiger partial charge in [0.25, 0.3) is 0 Å². The standard InChI is InChI=1S/C13H19N5O/c1-5-13(2,3)19-12-16-10(14-4)15-11(17-12)18-8-6-7-9-18/h1H,6-9H2,2-4H3,(H,14,15,16,17). The van der Waals surface area contributed by atoms with E-state index in [1.165, 1.54) is 0 Å². The number of nitrogens with one attached hydrogen (secondary N) is 1. The van der Waals surface area contributed by atoms with E-state index < -0.39 is 5.60 Å². The van der Waals surface area contributed by atoms with Gasteiger partial charge in [-0.2, -0.15) is 15.0 Å². The van der Waals surface area contributed by atoms with Crippen molar-refractivity contribution in [1.82, 2.24) is 15.0 Å². The Balaban J connectivity index is 2.28. The van der Waals surface area contributed by atoms with E-state index in [4.69, 9.17) is 11.2 Å². The van der Waals surface area contributed by atoms with Crippen LogP contribution in [-0.2, 0) is 0 Å². The molecule has 0 aliphatic carbocycles. The summed E-state index contributed by atoms with van der Waals surface area (Å²) in [6, 6.07) is 0.254. The van der Waals surface area contributed by atoms with Crippen LogP contribution in [0.3, 0.4) is 0 Å². The van der Waals surface area contributed by atoms with Gasteiger partial charge in [0, 0.05) is 20.1 Å². The van der Waals surface area contributed by atoms with Gasteiger partial charge in [0.15, 0.2) is 5.60 Å². The summed E-state index contributed by atoms with van der Waals surface area (Å²) in [4.78, 5) is 15.0. The third-order valence-electron chi connectivity index (χ3n) is 2.91. The lowest BCUT2D eigenvalue weighted by atomic mass is 10.2. The fraction of sp³-hybridized carbons (Fsp3) is 0.615. The Kier molecular flexibility index (Phi) is 3.74. The Hall–Kier alpha value is -2.03. The molecule has 1 aliphatic rings. The summed E-state index contributed by atoms with van der Waals surface area (Å²) >= 11 is 0. The van der Waals surface area contributed by atoms with Crippen molar-refractivity contribution < 1.29 is 4.74 Å². The summed E-state index contributed by atoms with van der Waals surface area (Å²) in [6.07, 6.45) is 7.73. The molecule has 0 aromatic carbocycles. The molecule has 0 amide bonds. The molecule has 1 N–H and O–H groups in total. The van der Waals surface area contributed by atoms with Crippen LogP contribution in [0.15, 0.2) is 0 Å². The second-order valence-corrected chi connectivity index (χ2v) is 4.94. The largest absolute Gasteiger partial charge is 0.444 e. The van der Waals surface area contributed by atoms with Crippen LogP contribution in [0, 0.1) is 12.3 Å². The maximum absolute atomic E-state index is 5.63. The van der Waals surface area contributed by atoms with Crippen molar-refractivity contribution in [3.05, 3.63) is 0 Å². The minimum Gasteiger partial charge on any atom is -0.444 e. The average Bonchev–Trinajstić information content (AvgIpc) is 2.91. The van der Waals surface area contributed by atoms with Crippen LogP contribution in [-0.4, -0.2) is 40.7 Å². The highest BCUT2D eigenvalue weighted by molar-refractivity contribution is 5.39. The number of hydrogen-bond donors (Lipinski definition) is 1. The van der Waals surface area contributed by atoms with Gasteiger partial charge in [0.1, 0.15) is 0 Å². The second kappa shape index (κ2) is 5.31. The number of anilines is 2. The van der Waals surface area contributed by atoms with Crippen molar-refractivity contribution in [2.75, 3.05) is 30.4 Å². The van der Waals surface area contributed by atoms with Gasteiger partial charge in [-0.1, -0.05) is 5.92 Å². The first-order valence-corrected chi connectivity index (χ1v) is 6.39. The number of terminal acetylenes is 1. The summed E-state index contributed by atoms with van der Waals surface area (Å²) in [7, 11) is 1.76. The van der Waals surface area contributed by atoms with Gasteiger partial charge < -0.3 is 15.0 Å². The molecule has 1 aliphatic heterocycles. The van der Waals surface area contributed by atoms with Gasteiger partial charge >= 0.3 is 6.01 Å². The predicted octanol–water partition coefficient (Wildman–Crippen LogP) is 1.30. The highest BCUT2D eigenvalue weighted by Crippen LogP contribution is 2.21. The second-order valence-electron chi connectivity index (χ2n) is 4.94. The topological polar surface area (TPSA) is 63.2 Å². The van der Waals surface area contributed by atoms with Crippen LogP contribution in [0.2, 0.25) is 0 Å². The fourth-order valence-corrected chi connectivity index (χ4v) is 1.82. The molecule has 6 heteroatoms. The third-order valence-corrected chi connectivity index (χ3v) is 2.91. The first kappa shape index (κ1) is 13.4. The minimum atomic E-state index is -0.741. The molecular weight excluding hydrogens is 242 g/mol. The third kappa shape index (κ3) is 3.25. The molecule has 6 nitrogen and oxygen atoms in total. The van der Waals surface area contributed by atoms with Crippen molar-refractivity contribution in [2.45, 2.75) is 32.3 Å².